The zero-order chi connectivity index (χ0) is 17.8. The molecule has 22 heavy (non-hydrogen) atoms. The van der Waals surface area contributed by atoms with Crippen LogP contribution in [0.15, 0.2) is 12.2 Å². The predicted octanol–water partition coefficient (Wildman–Crippen LogP) is 3.38. The van der Waals surface area contributed by atoms with Crippen molar-refractivity contribution in [3.05, 3.63) is 12.2 Å². The minimum absolute atomic E-state index is 0.205. The lowest BCUT2D eigenvalue weighted by Crippen LogP contribution is -2.49. The molecule has 3 atom stereocenters. The van der Waals surface area contributed by atoms with Gasteiger partial charge in [-0.1, -0.05) is 13.5 Å². The summed E-state index contributed by atoms with van der Waals surface area (Å²) in [6, 6.07) is 0. The SMILES string of the molecule is C=C(C)C(=O)OC(C)CC(C)(CC)OCC(C)(O)C(F)(F)F. The summed E-state index contributed by atoms with van der Waals surface area (Å²) in [7, 11) is 0. The van der Waals surface area contributed by atoms with Crippen molar-refractivity contribution in [2.75, 3.05) is 6.61 Å². The van der Waals surface area contributed by atoms with Crippen molar-refractivity contribution >= 4 is 5.97 Å². The highest BCUT2D eigenvalue weighted by Crippen LogP contribution is 2.33. The number of ether oxygens (including phenoxy) is 2. The lowest BCUT2D eigenvalue weighted by molar-refractivity contribution is -0.277. The minimum atomic E-state index is -4.78. The maximum Gasteiger partial charge on any atom is 0.419 e. The van der Waals surface area contributed by atoms with E-state index >= 15 is 0 Å². The summed E-state index contributed by atoms with van der Waals surface area (Å²) in [5.41, 5.74) is -3.64. The molecule has 0 aromatic rings. The van der Waals surface area contributed by atoms with Gasteiger partial charge in [0, 0.05) is 12.0 Å². The Kier molecular flexibility index (Phi) is 7.09. The van der Waals surface area contributed by atoms with Gasteiger partial charge in [0.25, 0.3) is 0 Å². The molecular formula is C15H25F3O4. The van der Waals surface area contributed by atoms with Crippen LogP contribution in [0.1, 0.15) is 47.5 Å². The average Bonchev–Trinajstić information content (AvgIpc) is 2.34. The molecule has 0 bridgehead atoms. The monoisotopic (exact) mass is 326 g/mol. The van der Waals surface area contributed by atoms with Crippen molar-refractivity contribution in [2.24, 2.45) is 0 Å². The van der Waals surface area contributed by atoms with E-state index < -0.39 is 36.1 Å². The molecule has 7 heteroatoms. The first-order chi connectivity index (χ1) is 9.74. The van der Waals surface area contributed by atoms with Crippen LogP contribution in [0.5, 0.6) is 0 Å². The third-order valence-electron chi connectivity index (χ3n) is 3.44. The Balaban J connectivity index is 4.72. The van der Waals surface area contributed by atoms with E-state index in [1.807, 2.05) is 0 Å². The van der Waals surface area contributed by atoms with Gasteiger partial charge in [0.05, 0.1) is 12.2 Å². The summed E-state index contributed by atoms with van der Waals surface area (Å²) in [6.07, 6.45) is -4.73. The van der Waals surface area contributed by atoms with E-state index in [0.717, 1.165) is 0 Å². The lowest BCUT2D eigenvalue weighted by Gasteiger charge is -2.35. The lowest BCUT2D eigenvalue weighted by atomic mass is 9.95. The molecule has 0 aromatic heterocycles. The fraction of sp³-hybridized carbons (Fsp3) is 0.800. The summed E-state index contributed by atoms with van der Waals surface area (Å²) in [5, 5.41) is 9.42. The molecule has 130 valence electrons. The van der Waals surface area contributed by atoms with Crippen LogP contribution < -0.4 is 0 Å². The number of esters is 1. The van der Waals surface area contributed by atoms with Crippen molar-refractivity contribution in [2.45, 2.75) is 70.9 Å². The smallest absolute Gasteiger partial charge is 0.419 e. The first kappa shape index (κ1) is 20.9. The number of halogens is 3. The standard InChI is InChI=1S/C15H25F3O4/c1-7-13(5,8-11(4)22-12(19)10(2)3)21-9-14(6,20)15(16,17)18/h11,20H,2,7-9H2,1,3-6H3. The van der Waals surface area contributed by atoms with Gasteiger partial charge in [-0.3, -0.25) is 0 Å². The normalized spacial score (nSPS) is 19.0. The van der Waals surface area contributed by atoms with Crippen molar-refractivity contribution in [3.8, 4) is 0 Å². The van der Waals surface area contributed by atoms with Crippen LogP contribution >= 0.6 is 0 Å². The molecule has 0 spiro atoms. The highest BCUT2D eigenvalue weighted by atomic mass is 19.4. The second-order valence-electron chi connectivity index (χ2n) is 6.06. The van der Waals surface area contributed by atoms with Crippen LogP contribution in [-0.4, -0.2) is 41.2 Å². The number of hydrogen-bond acceptors (Lipinski definition) is 4. The second-order valence-corrected chi connectivity index (χ2v) is 6.06. The maximum absolute atomic E-state index is 12.6. The van der Waals surface area contributed by atoms with E-state index in [9.17, 15) is 23.1 Å². The summed E-state index contributed by atoms with van der Waals surface area (Å²) in [5.74, 6) is -0.562. The quantitative estimate of drug-likeness (QED) is 0.549. The molecule has 0 saturated carbocycles. The topological polar surface area (TPSA) is 55.8 Å². The zero-order valence-corrected chi connectivity index (χ0v) is 13.7. The van der Waals surface area contributed by atoms with E-state index in [2.05, 4.69) is 6.58 Å². The third kappa shape index (κ3) is 6.36. The molecule has 1 N–H and O–H groups in total. The summed E-state index contributed by atoms with van der Waals surface area (Å²) >= 11 is 0. The molecule has 0 aliphatic carbocycles. The zero-order valence-electron chi connectivity index (χ0n) is 13.7. The predicted molar refractivity (Wildman–Crippen MR) is 76.3 cm³/mol. The first-order valence-electron chi connectivity index (χ1n) is 7.03. The summed E-state index contributed by atoms with van der Waals surface area (Å²) in [4.78, 5) is 11.4. The number of alkyl halides is 3. The highest BCUT2D eigenvalue weighted by Gasteiger charge is 2.51. The van der Waals surface area contributed by atoms with E-state index in [1.54, 1.807) is 20.8 Å². The number of carbonyl (C=O) groups excluding carboxylic acids is 1. The Morgan fingerprint density at radius 2 is 1.82 bits per heavy atom. The molecule has 0 rings (SSSR count). The van der Waals surface area contributed by atoms with Crippen molar-refractivity contribution in [1.29, 1.82) is 0 Å². The first-order valence-corrected chi connectivity index (χ1v) is 7.03. The van der Waals surface area contributed by atoms with Gasteiger partial charge in [-0.2, -0.15) is 13.2 Å². The van der Waals surface area contributed by atoms with Crippen molar-refractivity contribution in [1.82, 2.24) is 0 Å². The van der Waals surface area contributed by atoms with Gasteiger partial charge in [-0.25, -0.2) is 4.79 Å². The number of rotatable bonds is 8. The van der Waals surface area contributed by atoms with Crippen LogP contribution in [0.2, 0.25) is 0 Å². The average molecular weight is 326 g/mol. The molecule has 0 fully saturated rings. The Labute approximate surface area is 129 Å². The van der Waals surface area contributed by atoms with E-state index in [-0.39, 0.29) is 12.0 Å². The van der Waals surface area contributed by atoms with Gasteiger partial charge in [0.1, 0.15) is 6.10 Å². The number of aliphatic hydroxyl groups is 1. The van der Waals surface area contributed by atoms with Gasteiger partial charge >= 0.3 is 12.1 Å². The summed E-state index contributed by atoms with van der Waals surface area (Å²) in [6.45, 7) is 9.72. The Bertz CT molecular complexity index is 404. The van der Waals surface area contributed by atoms with Gasteiger partial charge in [0.2, 0.25) is 0 Å². The van der Waals surface area contributed by atoms with Crippen molar-refractivity contribution in [3.63, 3.8) is 0 Å². The van der Waals surface area contributed by atoms with Crippen LogP contribution in [0, 0.1) is 0 Å². The van der Waals surface area contributed by atoms with Crippen molar-refractivity contribution < 1.29 is 32.5 Å². The van der Waals surface area contributed by atoms with Gasteiger partial charge < -0.3 is 14.6 Å². The Morgan fingerprint density at radius 1 is 1.32 bits per heavy atom. The van der Waals surface area contributed by atoms with Gasteiger partial charge in [0.15, 0.2) is 5.60 Å². The number of carbonyl (C=O) groups is 1. The van der Waals surface area contributed by atoms with E-state index in [4.69, 9.17) is 9.47 Å². The molecule has 0 saturated heterocycles. The molecule has 0 heterocycles. The summed E-state index contributed by atoms with van der Waals surface area (Å²) < 4.78 is 48.3. The molecule has 0 aromatic carbocycles. The molecule has 0 aliphatic heterocycles. The largest absolute Gasteiger partial charge is 0.459 e. The maximum atomic E-state index is 12.6. The van der Waals surface area contributed by atoms with Crippen LogP contribution in [0.3, 0.4) is 0 Å². The molecule has 0 radical (unpaired) electrons. The second kappa shape index (κ2) is 7.46. The Morgan fingerprint density at radius 3 is 2.18 bits per heavy atom. The fourth-order valence-corrected chi connectivity index (χ4v) is 1.63. The highest BCUT2D eigenvalue weighted by molar-refractivity contribution is 5.87. The molecular weight excluding hydrogens is 301 g/mol. The van der Waals surface area contributed by atoms with E-state index in [0.29, 0.717) is 13.3 Å². The van der Waals surface area contributed by atoms with Gasteiger partial charge in [-0.05, 0) is 34.1 Å². The third-order valence-corrected chi connectivity index (χ3v) is 3.44. The Hall–Kier alpha value is -1.08. The molecule has 3 unspecified atom stereocenters. The molecule has 4 nitrogen and oxygen atoms in total. The number of hydrogen-bond donors (Lipinski definition) is 1. The molecule has 0 amide bonds. The van der Waals surface area contributed by atoms with Crippen LogP contribution in [0.4, 0.5) is 13.2 Å². The van der Waals surface area contributed by atoms with E-state index in [1.165, 1.54) is 6.92 Å². The fourth-order valence-electron chi connectivity index (χ4n) is 1.63. The minimum Gasteiger partial charge on any atom is -0.459 e. The van der Waals surface area contributed by atoms with Gasteiger partial charge in [-0.15, -0.1) is 0 Å². The van der Waals surface area contributed by atoms with Crippen LogP contribution in [-0.2, 0) is 14.3 Å². The molecule has 0 aliphatic rings. The van der Waals surface area contributed by atoms with Crippen LogP contribution in [0.25, 0.3) is 0 Å².